The lowest BCUT2D eigenvalue weighted by Gasteiger charge is -2.18. The van der Waals surface area contributed by atoms with E-state index in [1.165, 1.54) is 12.8 Å². The molecule has 0 bridgehead atoms. The van der Waals surface area contributed by atoms with Crippen molar-refractivity contribution in [2.45, 2.75) is 38.5 Å². The summed E-state index contributed by atoms with van der Waals surface area (Å²) >= 11 is 0. The van der Waals surface area contributed by atoms with Crippen LogP contribution in [0.3, 0.4) is 0 Å². The molecule has 0 spiro atoms. The highest BCUT2D eigenvalue weighted by atomic mass is 16.4. The number of aliphatic carboxylic acids is 1. The molecule has 0 amide bonds. The van der Waals surface area contributed by atoms with Gasteiger partial charge in [-0.1, -0.05) is 12.8 Å². The summed E-state index contributed by atoms with van der Waals surface area (Å²) in [7, 11) is 1.95. The predicted octanol–water partition coefficient (Wildman–Crippen LogP) is 2.24. The Hall–Kier alpha value is -1.32. The van der Waals surface area contributed by atoms with Crippen LogP contribution >= 0.6 is 0 Å². The number of nitrogens with zero attached hydrogens (tertiary/aromatic N) is 2. The molecule has 1 aromatic heterocycles. The van der Waals surface area contributed by atoms with Gasteiger partial charge in [0, 0.05) is 25.9 Å². The van der Waals surface area contributed by atoms with Gasteiger partial charge in [0.1, 0.15) is 5.82 Å². The maximum absolute atomic E-state index is 11.3. The van der Waals surface area contributed by atoms with Gasteiger partial charge in [-0.15, -0.1) is 0 Å². The minimum absolute atomic E-state index is 0.186. The van der Waals surface area contributed by atoms with Crippen molar-refractivity contribution in [2.24, 2.45) is 18.9 Å². The van der Waals surface area contributed by atoms with E-state index in [4.69, 9.17) is 0 Å². The van der Waals surface area contributed by atoms with E-state index >= 15 is 0 Å². The Balaban J connectivity index is 1.94. The van der Waals surface area contributed by atoms with E-state index in [1.807, 2.05) is 17.8 Å². The highest BCUT2D eigenvalue weighted by Crippen LogP contribution is 2.33. The topological polar surface area (TPSA) is 55.1 Å². The van der Waals surface area contributed by atoms with Gasteiger partial charge in [-0.25, -0.2) is 4.98 Å². The summed E-state index contributed by atoms with van der Waals surface area (Å²) in [5, 5.41) is 9.30. The molecule has 0 radical (unpaired) electrons. The van der Waals surface area contributed by atoms with Gasteiger partial charge in [0.05, 0.1) is 5.92 Å². The Bertz CT molecular complexity index is 381. The molecule has 1 heterocycles. The fourth-order valence-corrected chi connectivity index (χ4v) is 2.84. The molecule has 1 aliphatic rings. The standard InChI is InChI=1S/C13H20N2O2/c1-15-9-8-14-12(15)7-6-11(13(16)17)10-4-2-3-5-10/h8-11H,2-7H2,1H3,(H,16,17). The molecule has 17 heavy (non-hydrogen) atoms. The van der Waals surface area contributed by atoms with E-state index in [0.717, 1.165) is 25.1 Å². The molecular formula is C13H20N2O2. The van der Waals surface area contributed by atoms with Gasteiger partial charge >= 0.3 is 5.97 Å². The summed E-state index contributed by atoms with van der Waals surface area (Å²) < 4.78 is 1.97. The Morgan fingerprint density at radius 1 is 1.59 bits per heavy atom. The van der Waals surface area contributed by atoms with Crippen molar-refractivity contribution in [1.29, 1.82) is 0 Å². The van der Waals surface area contributed by atoms with E-state index in [9.17, 15) is 9.90 Å². The quantitative estimate of drug-likeness (QED) is 0.853. The number of carboxylic acids is 1. The van der Waals surface area contributed by atoms with Crippen LogP contribution in [0.15, 0.2) is 12.4 Å². The first-order valence-electron chi connectivity index (χ1n) is 6.37. The van der Waals surface area contributed by atoms with E-state index in [1.54, 1.807) is 6.20 Å². The van der Waals surface area contributed by atoms with Gasteiger partial charge in [-0.05, 0) is 25.2 Å². The molecule has 1 saturated carbocycles. The SMILES string of the molecule is Cn1ccnc1CCC(C(=O)O)C1CCCC1. The summed E-state index contributed by atoms with van der Waals surface area (Å²) in [5.41, 5.74) is 0. The molecular weight excluding hydrogens is 216 g/mol. The molecule has 0 aromatic carbocycles. The average Bonchev–Trinajstić information content (AvgIpc) is 2.91. The zero-order chi connectivity index (χ0) is 12.3. The largest absolute Gasteiger partial charge is 0.481 e. The first kappa shape index (κ1) is 12.1. The summed E-state index contributed by atoms with van der Waals surface area (Å²) in [5.74, 6) is 0.544. The highest BCUT2D eigenvalue weighted by molar-refractivity contribution is 5.70. The third kappa shape index (κ3) is 2.87. The number of hydrogen-bond donors (Lipinski definition) is 1. The number of aryl methyl sites for hydroxylation is 2. The molecule has 2 rings (SSSR count). The molecule has 1 aliphatic carbocycles. The van der Waals surface area contributed by atoms with E-state index in [2.05, 4.69) is 4.98 Å². The maximum atomic E-state index is 11.3. The average molecular weight is 236 g/mol. The minimum atomic E-state index is -0.633. The molecule has 1 unspecified atom stereocenters. The minimum Gasteiger partial charge on any atom is -0.481 e. The van der Waals surface area contributed by atoms with Gasteiger partial charge < -0.3 is 9.67 Å². The summed E-state index contributed by atoms with van der Waals surface area (Å²) in [6, 6.07) is 0. The first-order chi connectivity index (χ1) is 8.18. The second-order valence-electron chi connectivity index (χ2n) is 4.98. The summed E-state index contributed by atoms with van der Waals surface area (Å²) in [4.78, 5) is 15.5. The van der Waals surface area contributed by atoms with Crippen molar-refractivity contribution >= 4 is 5.97 Å². The Morgan fingerprint density at radius 3 is 2.82 bits per heavy atom. The van der Waals surface area contributed by atoms with Crippen molar-refractivity contribution in [2.75, 3.05) is 0 Å². The third-order valence-corrected chi connectivity index (χ3v) is 3.89. The van der Waals surface area contributed by atoms with Crippen LogP contribution < -0.4 is 0 Å². The van der Waals surface area contributed by atoms with Gasteiger partial charge in [0.25, 0.3) is 0 Å². The van der Waals surface area contributed by atoms with Crippen LogP contribution in [-0.2, 0) is 18.3 Å². The third-order valence-electron chi connectivity index (χ3n) is 3.89. The molecule has 94 valence electrons. The number of carboxylic acid groups (broad SMARTS) is 1. The van der Waals surface area contributed by atoms with Crippen molar-refractivity contribution in [3.05, 3.63) is 18.2 Å². The molecule has 4 nitrogen and oxygen atoms in total. The van der Waals surface area contributed by atoms with Gasteiger partial charge in [0.15, 0.2) is 0 Å². The van der Waals surface area contributed by atoms with Crippen LogP contribution in [-0.4, -0.2) is 20.6 Å². The van der Waals surface area contributed by atoms with E-state index in [-0.39, 0.29) is 5.92 Å². The summed E-state index contributed by atoms with van der Waals surface area (Å²) in [6.45, 7) is 0. The van der Waals surface area contributed by atoms with Crippen LogP contribution in [0.1, 0.15) is 37.9 Å². The van der Waals surface area contributed by atoms with Crippen LogP contribution in [0.25, 0.3) is 0 Å². The Labute approximate surface area is 102 Å². The highest BCUT2D eigenvalue weighted by Gasteiger charge is 2.30. The molecule has 1 atom stereocenters. The molecule has 0 saturated heterocycles. The zero-order valence-electron chi connectivity index (χ0n) is 10.3. The number of aromatic nitrogens is 2. The van der Waals surface area contributed by atoms with Crippen LogP contribution in [0.5, 0.6) is 0 Å². The smallest absolute Gasteiger partial charge is 0.306 e. The molecule has 1 aromatic rings. The fourth-order valence-electron chi connectivity index (χ4n) is 2.84. The number of carbonyl (C=O) groups is 1. The van der Waals surface area contributed by atoms with Crippen LogP contribution in [0, 0.1) is 11.8 Å². The lowest BCUT2D eigenvalue weighted by molar-refractivity contribution is -0.143. The van der Waals surface area contributed by atoms with E-state index < -0.39 is 5.97 Å². The molecule has 4 heteroatoms. The molecule has 0 aliphatic heterocycles. The maximum Gasteiger partial charge on any atom is 0.306 e. The van der Waals surface area contributed by atoms with Gasteiger partial charge in [-0.3, -0.25) is 4.79 Å². The van der Waals surface area contributed by atoms with Crippen molar-refractivity contribution in [3.8, 4) is 0 Å². The summed E-state index contributed by atoms with van der Waals surface area (Å²) in [6.07, 6.45) is 9.69. The second-order valence-corrected chi connectivity index (χ2v) is 4.98. The normalized spacial score (nSPS) is 18.4. The molecule has 1 N–H and O–H groups in total. The second kappa shape index (κ2) is 5.34. The van der Waals surface area contributed by atoms with Crippen LogP contribution in [0.4, 0.5) is 0 Å². The number of imidazole rings is 1. The number of hydrogen-bond acceptors (Lipinski definition) is 2. The number of rotatable bonds is 5. The zero-order valence-corrected chi connectivity index (χ0v) is 10.3. The first-order valence-corrected chi connectivity index (χ1v) is 6.37. The fraction of sp³-hybridized carbons (Fsp3) is 0.692. The molecule has 1 fully saturated rings. The lowest BCUT2D eigenvalue weighted by atomic mass is 9.87. The Morgan fingerprint density at radius 2 is 2.29 bits per heavy atom. The predicted molar refractivity (Wildman–Crippen MR) is 64.6 cm³/mol. The van der Waals surface area contributed by atoms with Crippen LogP contribution in [0.2, 0.25) is 0 Å². The van der Waals surface area contributed by atoms with Crippen molar-refractivity contribution in [3.63, 3.8) is 0 Å². The van der Waals surface area contributed by atoms with Crippen molar-refractivity contribution < 1.29 is 9.90 Å². The van der Waals surface area contributed by atoms with Gasteiger partial charge in [0.2, 0.25) is 0 Å². The monoisotopic (exact) mass is 236 g/mol. The van der Waals surface area contributed by atoms with Gasteiger partial charge in [-0.2, -0.15) is 0 Å². The Kier molecular flexibility index (Phi) is 3.82. The lowest BCUT2D eigenvalue weighted by Crippen LogP contribution is -2.22. The van der Waals surface area contributed by atoms with Crippen molar-refractivity contribution in [1.82, 2.24) is 9.55 Å². The van der Waals surface area contributed by atoms with E-state index in [0.29, 0.717) is 12.3 Å².